The lowest BCUT2D eigenvalue weighted by Gasteiger charge is -2.40. The van der Waals surface area contributed by atoms with Crippen molar-refractivity contribution in [3.63, 3.8) is 0 Å². The number of nitrogens with two attached hydrogens (primary N) is 1. The Morgan fingerprint density at radius 3 is 3.12 bits per heavy atom. The third-order valence-electron chi connectivity index (χ3n) is 4.13. The minimum atomic E-state index is 0.122. The van der Waals surface area contributed by atoms with Gasteiger partial charge in [0.25, 0.3) is 0 Å². The summed E-state index contributed by atoms with van der Waals surface area (Å²) >= 11 is 0. The highest BCUT2D eigenvalue weighted by molar-refractivity contribution is 5.08. The first kappa shape index (κ1) is 13.1. The van der Waals surface area contributed by atoms with Gasteiger partial charge in [-0.25, -0.2) is 0 Å². The van der Waals surface area contributed by atoms with E-state index in [9.17, 15) is 0 Å². The quantitative estimate of drug-likeness (QED) is 0.720. The van der Waals surface area contributed by atoms with E-state index < -0.39 is 0 Å². The Bertz CT molecular complexity index is 277. The Balaban J connectivity index is 1.78. The van der Waals surface area contributed by atoms with Gasteiger partial charge in [0.2, 0.25) is 0 Å². The van der Waals surface area contributed by atoms with Crippen molar-refractivity contribution in [3.8, 4) is 0 Å². The lowest BCUT2D eigenvalue weighted by molar-refractivity contribution is -0.0159. The van der Waals surface area contributed by atoms with Crippen LogP contribution in [0.4, 0.5) is 0 Å². The lowest BCUT2D eigenvalue weighted by atomic mass is 9.87. The van der Waals surface area contributed by atoms with E-state index >= 15 is 0 Å². The van der Waals surface area contributed by atoms with Gasteiger partial charge >= 0.3 is 0 Å². The Hall–Kier alpha value is -0.380. The molecule has 0 spiro atoms. The summed E-state index contributed by atoms with van der Waals surface area (Å²) in [7, 11) is 0. The van der Waals surface area contributed by atoms with Crippen LogP contribution in [-0.2, 0) is 4.74 Å². The summed E-state index contributed by atoms with van der Waals surface area (Å²) in [5.41, 5.74) is 7.71. The first-order valence-corrected chi connectivity index (χ1v) is 6.99. The van der Waals surface area contributed by atoms with Crippen molar-refractivity contribution in [2.45, 2.75) is 57.1 Å². The fraction of sp³-hybridized carbons (Fsp3) is 0.857. The minimum Gasteiger partial charge on any atom is -0.378 e. The standard InChI is InChI=1S/C14H26N2O/c1-12-10-14(11-15,7-9-17-12)16-8-6-13-4-2-3-5-13/h4,12,16H,2-3,5-11,15H2,1H3. The highest BCUT2D eigenvalue weighted by Crippen LogP contribution is 2.25. The minimum absolute atomic E-state index is 0.122. The summed E-state index contributed by atoms with van der Waals surface area (Å²) in [6.07, 6.45) is 9.96. The molecule has 1 aliphatic heterocycles. The largest absolute Gasteiger partial charge is 0.378 e. The van der Waals surface area contributed by atoms with Crippen LogP contribution in [0, 0.1) is 0 Å². The third-order valence-corrected chi connectivity index (χ3v) is 4.13. The molecule has 0 amide bonds. The lowest BCUT2D eigenvalue weighted by Crippen LogP contribution is -2.56. The van der Waals surface area contributed by atoms with Crippen LogP contribution >= 0.6 is 0 Å². The first-order valence-electron chi connectivity index (χ1n) is 6.99. The van der Waals surface area contributed by atoms with Crippen LogP contribution in [0.3, 0.4) is 0 Å². The molecule has 1 aliphatic carbocycles. The van der Waals surface area contributed by atoms with E-state index in [0.29, 0.717) is 6.10 Å². The van der Waals surface area contributed by atoms with Crippen molar-refractivity contribution in [2.24, 2.45) is 5.73 Å². The molecule has 3 N–H and O–H groups in total. The molecule has 2 unspecified atom stereocenters. The van der Waals surface area contributed by atoms with E-state index in [1.165, 1.54) is 25.7 Å². The number of nitrogens with one attached hydrogen (secondary N) is 1. The van der Waals surface area contributed by atoms with Crippen LogP contribution in [0.5, 0.6) is 0 Å². The second-order valence-corrected chi connectivity index (χ2v) is 5.55. The van der Waals surface area contributed by atoms with Crippen molar-refractivity contribution in [1.29, 1.82) is 0 Å². The first-order chi connectivity index (χ1) is 8.24. The van der Waals surface area contributed by atoms with E-state index in [-0.39, 0.29) is 5.54 Å². The van der Waals surface area contributed by atoms with Crippen molar-refractivity contribution >= 4 is 0 Å². The van der Waals surface area contributed by atoms with E-state index in [1.54, 1.807) is 5.57 Å². The molecular weight excluding hydrogens is 212 g/mol. The number of ether oxygens (including phenoxy) is 1. The molecule has 0 saturated carbocycles. The summed E-state index contributed by atoms with van der Waals surface area (Å²) in [4.78, 5) is 0. The van der Waals surface area contributed by atoms with Gasteiger partial charge in [-0.2, -0.15) is 0 Å². The molecule has 0 bridgehead atoms. The Morgan fingerprint density at radius 1 is 1.59 bits per heavy atom. The van der Waals surface area contributed by atoms with Gasteiger partial charge in [-0.1, -0.05) is 11.6 Å². The van der Waals surface area contributed by atoms with Crippen molar-refractivity contribution < 1.29 is 4.74 Å². The van der Waals surface area contributed by atoms with Crippen LogP contribution in [0.1, 0.15) is 45.4 Å². The fourth-order valence-electron chi connectivity index (χ4n) is 3.04. The van der Waals surface area contributed by atoms with Crippen LogP contribution in [0.2, 0.25) is 0 Å². The summed E-state index contributed by atoms with van der Waals surface area (Å²) < 4.78 is 5.61. The molecule has 17 heavy (non-hydrogen) atoms. The average Bonchev–Trinajstić information content (AvgIpc) is 2.82. The summed E-state index contributed by atoms with van der Waals surface area (Å²) in [5, 5.41) is 3.70. The van der Waals surface area contributed by atoms with Crippen LogP contribution in [0.25, 0.3) is 0 Å². The van der Waals surface area contributed by atoms with Gasteiger partial charge in [0.1, 0.15) is 0 Å². The molecule has 0 aromatic heterocycles. The van der Waals surface area contributed by atoms with Crippen LogP contribution < -0.4 is 11.1 Å². The molecule has 1 fully saturated rings. The predicted octanol–water partition coefficient (Wildman–Crippen LogP) is 1.97. The van der Waals surface area contributed by atoms with Crippen molar-refractivity contribution in [3.05, 3.63) is 11.6 Å². The zero-order valence-corrected chi connectivity index (χ0v) is 11.0. The second kappa shape index (κ2) is 5.98. The van der Waals surface area contributed by atoms with Gasteiger partial charge in [0, 0.05) is 18.7 Å². The van der Waals surface area contributed by atoms with Crippen molar-refractivity contribution in [2.75, 3.05) is 19.7 Å². The normalized spacial score (nSPS) is 33.8. The molecule has 0 radical (unpaired) electrons. The highest BCUT2D eigenvalue weighted by Gasteiger charge is 2.33. The second-order valence-electron chi connectivity index (χ2n) is 5.55. The Kier molecular flexibility index (Phi) is 4.60. The Morgan fingerprint density at radius 2 is 2.47 bits per heavy atom. The summed E-state index contributed by atoms with van der Waals surface area (Å²) in [6, 6.07) is 0. The molecular formula is C14H26N2O. The zero-order valence-electron chi connectivity index (χ0n) is 11.0. The molecule has 0 aromatic rings. The smallest absolute Gasteiger partial charge is 0.0565 e. The van der Waals surface area contributed by atoms with E-state index in [1.807, 2.05) is 0 Å². The fourth-order valence-corrected chi connectivity index (χ4v) is 3.04. The Labute approximate surface area is 105 Å². The van der Waals surface area contributed by atoms with Gasteiger partial charge in [0.15, 0.2) is 0 Å². The van der Waals surface area contributed by atoms with Gasteiger partial charge in [0.05, 0.1) is 6.10 Å². The topological polar surface area (TPSA) is 47.3 Å². The molecule has 1 heterocycles. The molecule has 0 aromatic carbocycles. The average molecular weight is 238 g/mol. The third kappa shape index (κ3) is 3.54. The number of hydrogen-bond acceptors (Lipinski definition) is 3. The SMILES string of the molecule is CC1CC(CN)(NCCC2=CCCC2)CCO1. The molecule has 2 aliphatic rings. The number of allylic oxidation sites excluding steroid dienone is 1. The highest BCUT2D eigenvalue weighted by atomic mass is 16.5. The van der Waals surface area contributed by atoms with Gasteiger partial charge in [-0.05, 0) is 52.0 Å². The maximum atomic E-state index is 5.96. The molecule has 2 rings (SSSR count). The molecule has 3 heteroatoms. The molecule has 2 atom stereocenters. The number of hydrogen-bond donors (Lipinski definition) is 2. The molecule has 1 saturated heterocycles. The van der Waals surface area contributed by atoms with Crippen molar-refractivity contribution in [1.82, 2.24) is 5.32 Å². The zero-order chi connectivity index (χ0) is 12.1. The monoisotopic (exact) mass is 238 g/mol. The van der Waals surface area contributed by atoms with E-state index in [0.717, 1.165) is 32.5 Å². The van der Waals surface area contributed by atoms with Crippen LogP contribution in [-0.4, -0.2) is 31.3 Å². The molecule has 98 valence electrons. The summed E-state index contributed by atoms with van der Waals surface area (Å²) in [6.45, 7) is 4.77. The maximum Gasteiger partial charge on any atom is 0.0565 e. The van der Waals surface area contributed by atoms with E-state index in [2.05, 4.69) is 18.3 Å². The summed E-state index contributed by atoms with van der Waals surface area (Å²) in [5.74, 6) is 0. The predicted molar refractivity (Wildman–Crippen MR) is 71.0 cm³/mol. The van der Waals surface area contributed by atoms with Crippen LogP contribution in [0.15, 0.2) is 11.6 Å². The van der Waals surface area contributed by atoms with Gasteiger partial charge in [-0.3, -0.25) is 0 Å². The number of rotatable bonds is 5. The molecule has 3 nitrogen and oxygen atoms in total. The maximum absolute atomic E-state index is 5.96. The van der Waals surface area contributed by atoms with Gasteiger partial charge in [-0.15, -0.1) is 0 Å². The van der Waals surface area contributed by atoms with Gasteiger partial charge < -0.3 is 15.8 Å². The van der Waals surface area contributed by atoms with E-state index in [4.69, 9.17) is 10.5 Å².